The zero-order chi connectivity index (χ0) is 23.0. The maximum Gasteiger partial charge on any atom is 0.412 e. The Morgan fingerprint density at radius 3 is 2.50 bits per heavy atom. The van der Waals surface area contributed by atoms with E-state index in [1.807, 2.05) is 48.7 Å². The van der Waals surface area contributed by atoms with Gasteiger partial charge >= 0.3 is 6.09 Å². The van der Waals surface area contributed by atoms with Crippen LogP contribution in [-0.2, 0) is 9.53 Å². The molecule has 1 aromatic carbocycles. The molecule has 2 amide bonds. The molecule has 3 aromatic rings. The third-order valence-electron chi connectivity index (χ3n) is 4.77. The summed E-state index contributed by atoms with van der Waals surface area (Å²) in [5.41, 5.74) is 7.42. The van der Waals surface area contributed by atoms with E-state index in [0.717, 1.165) is 25.6 Å². The highest BCUT2D eigenvalue weighted by Crippen LogP contribution is 2.46. The SMILES string of the molecule is CC(C)(C)OC(=O)N1C(c2cn(-c3ccccc3)nc2-c2ccc(Br)s2)SC[C@@H]1C(N)=O. The number of primary amides is 1. The van der Waals surface area contributed by atoms with Crippen molar-refractivity contribution >= 4 is 51.0 Å². The Bertz CT molecular complexity index is 1140. The van der Waals surface area contributed by atoms with Crippen LogP contribution in [-0.4, -0.2) is 44.1 Å². The molecular formula is C22H23BrN4O3S2. The van der Waals surface area contributed by atoms with Gasteiger partial charge in [-0.1, -0.05) is 18.2 Å². The highest BCUT2D eigenvalue weighted by atomic mass is 79.9. The highest BCUT2D eigenvalue weighted by Gasteiger charge is 2.45. The number of hydrogen-bond donors (Lipinski definition) is 1. The molecule has 0 bridgehead atoms. The number of ether oxygens (including phenoxy) is 1. The predicted octanol–water partition coefficient (Wildman–Crippen LogP) is 5.20. The number of halogens is 1. The van der Waals surface area contributed by atoms with E-state index in [1.54, 1.807) is 36.8 Å². The second kappa shape index (κ2) is 8.92. The van der Waals surface area contributed by atoms with Gasteiger partial charge in [0.25, 0.3) is 0 Å². The van der Waals surface area contributed by atoms with E-state index in [9.17, 15) is 9.59 Å². The molecule has 7 nitrogen and oxygen atoms in total. The molecule has 3 heterocycles. The number of rotatable bonds is 4. The van der Waals surface area contributed by atoms with Crippen LogP contribution < -0.4 is 5.73 Å². The Hall–Kier alpha value is -2.30. The largest absolute Gasteiger partial charge is 0.444 e. The molecule has 4 rings (SSSR count). The number of thiophene rings is 1. The topological polar surface area (TPSA) is 90.4 Å². The molecule has 2 aromatic heterocycles. The van der Waals surface area contributed by atoms with Crippen LogP contribution in [0.1, 0.15) is 31.7 Å². The summed E-state index contributed by atoms with van der Waals surface area (Å²) in [6.07, 6.45) is 1.35. The predicted molar refractivity (Wildman–Crippen MR) is 131 cm³/mol. The van der Waals surface area contributed by atoms with Gasteiger partial charge in [0.15, 0.2) is 0 Å². The summed E-state index contributed by atoms with van der Waals surface area (Å²) >= 11 is 6.56. The van der Waals surface area contributed by atoms with Crippen molar-refractivity contribution in [3.8, 4) is 16.3 Å². The van der Waals surface area contributed by atoms with Crippen molar-refractivity contribution in [2.24, 2.45) is 5.73 Å². The average molecular weight is 535 g/mol. The van der Waals surface area contributed by atoms with Crippen molar-refractivity contribution < 1.29 is 14.3 Å². The fourth-order valence-corrected chi connectivity index (χ4v) is 6.24. The van der Waals surface area contributed by atoms with Crippen LogP contribution in [0.25, 0.3) is 16.3 Å². The monoisotopic (exact) mass is 534 g/mol. The van der Waals surface area contributed by atoms with Gasteiger partial charge < -0.3 is 10.5 Å². The Kier molecular flexibility index (Phi) is 6.37. The van der Waals surface area contributed by atoms with Crippen molar-refractivity contribution in [2.45, 2.75) is 37.8 Å². The van der Waals surface area contributed by atoms with E-state index in [1.165, 1.54) is 16.7 Å². The molecule has 1 aliphatic rings. The van der Waals surface area contributed by atoms with Crippen LogP contribution in [0.4, 0.5) is 4.79 Å². The second-order valence-electron chi connectivity index (χ2n) is 8.31. The van der Waals surface area contributed by atoms with E-state index < -0.39 is 29.0 Å². The fourth-order valence-electron chi connectivity index (χ4n) is 3.42. The summed E-state index contributed by atoms with van der Waals surface area (Å²) in [4.78, 5) is 27.7. The van der Waals surface area contributed by atoms with Crippen molar-refractivity contribution in [1.82, 2.24) is 14.7 Å². The normalized spacial score (nSPS) is 18.7. The van der Waals surface area contributed by atoms with Crippen LogP contribution in [0.5, 0.6) is 0 Å². The standard InChI is InChI=1S/C22H23BrN4O3S2/c1-22(2,3)30-21(29)27-15(19(24)28)12-31-20(27)14-11-26(13-7-5-4-6-8-13)25-18(14)16-9-10-17(23)32-16/h4-11,15,20H,12H2,1-3H3,(H2,24,28)/t15-,20?/m1/s1. The number of benzene rings is 1. The number of para-hydroxylation sites is 1. The van der Waals surface area contributed by atoms with Crippen LogP contribution in [0.3, 0.4) is 0 Å². The number of thioether (sulfide) groups is 1. The second-order valence-corrected chi connectivity index (χ2v) is 11.9. The summed E-state index contributed by atoms with van der Waals surface area (Å²) in [5.74, 6) is -0.162. The van der Waals surface area contributed by atoms with E-state index in [2.05, 4.69) is 15.9 Å². The van der Waals surface area contributed by atoms with Gasteiger partial charge in [-0.05, 0) is 61.0 Å². The van der Waals surface area contributed by atoms with Crippen LogP contribution >= 0.6 is 39.0 Å². The van der Waals surface area contributed by atoms with Crippen LogP contribution in [0.2, 0.25) is 0 Å². The zero-order valence-corrected chi connectivity index (χ0v) is 21.0. The van der Waals surface area contributed by atoms with Gasteiger partial charge in [-0.15, -0.1) is 23.1 Å². The first-order valence-corrected chi connectivity index (χ1v) is 12.6. The lowest BCUT2D eigenvalue weighted by Gasteiger charge is -2.30. The van der Waals surface area contributed by atoms with Gasteiger partial charge in [0, 0.05) is 17.5 Å². The van der Waals surface area contributed by atoms with Crippen molar-refractivity contribution in [2.75, 3.05) is 5.75 Å². The van der Waals surface area contributed by atoms with Crippen LogP contribution in [0.15, 0.2) is 52.4 Å². The van der Waals surface area contributed by atoms with Gasteiger partial charge in [-0.25, -0.2) is 9.48 Å². The van der Waals surface area contributed by atoms with Gasteiger partial charge in [-0.2, -0.15) is 5.10 Å². The van der Waals surface area contributed by atoms with Crippen molar-refractivity contribution in [1.29, 1.82) is 0 Å². The molecule has 1 saturated heterocycles. The Morgan fingerprint density at radius 2 is 1.91 bits per heavy atom. The Morgan fingerprint density at radius 1 is 1.19 bits per heavy atom. The van der Waals surface area contributed by atoms with Gasteiger partial charge in [-0.3, -0.25) is 9.69 Å². The van der Waals surface area contributed by atoms with Crippen molar-refractivity contribution in [3.05, 3.63) is 58.0 Å². The number of aromatic nitrogens is 2. The molecule has 2 atom stereocenters. The maximum absolute atomic E-state index is 13.1. The number of nitrogens with two attached hydrogens (primary N) is 1. The van der Waals surface area contributed by atoms with Gasteiger partial charge in [0.05, 0.1) is 14.4 Å². The lowest BCUT2D eigenvalue weighted by molar-refractivity contribution is -0.122. The third kappa shape index (κ3) is 4.72. The highest BCUT2D eigenvalue weighted by molar-refractivity contribution is 9.11. The molecule has 10 heteroatoms. The first kappa shape index (κ1) is 22.9. The molecule has 0 aliphatic carbocycles. The average Bonchev–Trinajstić information content (AvgIpc) is 3.44. The minimum atomic E-state index is -0.761. The maximum atomic E-state index is 13.1. The molecule has 0 saturated carbocycles. The van der Waals surface area contributed by atoms with Crippen molar-refractivity contribution in [3.63, 3.8) is 0 Å². The molecule has 0 spiro atoms. The number of nitrogens with zero attached hydrogens (tertiary/aromatic N) is 3. The first-order valence-electron chi connectivity index (χ1n) is 9.97. The zero-order valence-electron chi connectivity index (χ0n) is 17.8. The van der Waals surface area contributed by atoms with Crippen LogP contribution in [0, 0.1) is 0 Å². The smallest absolute Gasteiger partial charge is 0.412 e. The molecule has 168 valence electrons. The molecule has 1 aliphatic heterocycles. The van der Waals surface area contributed by atoms with E-state index in [-0.39, 0.29) is 0 Å². The fraction of sp³-hybridized carbons (Fsp3) is 0.318. The number of hydrogen-bond acceptors (Lipinski definition) is 6. The summed E-state index contributed by atoms with van der Waals surface area (Å²) < 4.78 is 8.40. The quantitative estimate of drug-likeness (QED) is 0.496. The van der Waals surface area contributed by atoms with E-state index >= 15 is 0 Å². The molecule has 2 N–H and O–H groups in total. The minimum Gasteiger partial charge on any atom is -0.444 e. The van der Waals surface area contributed by atoms with E-state index in [4.69, 9.17) is 15.6 Å². The van der Waals surface area contributed by atoms with Gasteiger partial charge in [0.1, 0.15) is 22.7 Å². The number of amides is 2. The third-order valence-corrected chi connectivity index (χ3v) is 7.70. The summed E-state index contributed by atoms with van der Waals surface area (Å²) in [6.45, 7) is 5.39. The summed E-state index contributed by atoms with van der Waals surface area (Å²) in [6, 6.07) is 12.9. The Labute approximate surface area is 203 Å². The molecule has 1 fully saturated rings. The minimum absolute atomic E-state index is 0.392. The van der Waals surface area contributed by atoms with Gasteiger partial charge in [0.2, 0.25) is 5.91 Å². The number of carbonyl (C=O) groups is 2. The molecule has 1 unspecified atom stereocenters. The lowest BCUT2D eigenvalue weighted by Crippen LogP contribution is -2.47. The molecule has 0 radical (unpaired) electrons. The lowest BCUT2D eigenvalue weighted by atomic mass is 10.1. The molecule has 32 heavy (non-hydrogen) atoms. The molecular weight excluding hydrogens is 512 g/mol. The number of carbonyl (C=O) groups excluding carboxylic acids is 2. The van der Waals surface area contributed by atoms with E-state index in [0.29, 0.717) is 5.75 Å². The summed E-state index contributed by atoms with van der Waals surface area (Å²) in [7, 11) is 0. The Balaban J connectivity index is 1.81. The summed E-state index contributed by atoms with van der Waals surface area (Å²) in [5, 5.41) is 4.38. The first-order chi connectivity index (χ1) is 15.1.